The van der Waals surface area contributed by atoms with Crippen LogP contribution in [-0.2, 0) is 11.8 Å². The monoisotopic (exact) mass is 246 g/mol. The molecule has 2 rings (SSSR count). The van der Waals surface area contributed by atoms with Gasteiger partial charge in [0.25, 0.3) is 0 Å². The average Bonchev–Trinajstić information content (AvgIpc) is 2.82. The number of rotatable bonds is 4. The summed E-state index contributed by atoms with van der Waals surface area (Å²) in [6.45, 7) is 2.84. The van der Waals surface area contributed by atoms with E-state index in [1.54, 1.807) is 11.3 Å². The highest BCUT2D eigenvalue weighted by molar-refractivity contribution is 7.09. The maximum Gasteiger partial charge on any atom is 0.0314 e. The van der Waals surface area contributed by atoms with E-state index in [1.165, 1.54) is 10.4 Å². The van der Waals surface area contributed by atoms with Crippen molar-refractivity contribution in [2.75, 3.05) is 12.3 Å². The molecule has 0 amide bonds. The van der Waals surface area contributed by atoms with Crippen LogP contribution < -0.4 is 11.5 Å². The van der Waals surface area contributed by atoms with Gasteiger partial charge in [-0.05, 0) is 35.6 Å². The quantitative estimate of drug-likeness (QED) is 0.815. The van der Waals surface area contributed by atoms with Gasteiger partial charge in [0.1, 0.15) is 0 Å². The van der Waals surface area contributed by atoms with Crippen molar-refractivity contribution < 1.29 is 0 Å². The smallest absolute Gasteiger partial charge is 0.0314 e. The summed E-state index contributed by atoms with van der Waals surface area (Å²) >= 11 is 1.78. The Labute approximate surface area is 106 Å². The van der Waals surface area contributed by atoms with Crippen molar-refractivity contribution in [2.24, 2.45) is 5.73 Å². The molecule has 1 aromatic carbocycles. The molecule has 1 atom stereocenters. The van der Waals surface area contributed by atoms with Gasteiger partial charge in [0.15, 0.2) is 0 Å². The summed E-state index contributed by atoms with van der Waals surface area (Å²) in [5.41, 5.74) is 13.7. The van der Waals surface area contributed by atoms with Crippen molar-refractivity contribution >= 4 is 17.0 Å². The molecular formula is C14H18N2S. The summed E-state index contributed by atoms with van der Waals surface area (Å²) in [4.78, 5) is 1.37. The second-order valence-corrected chi connectivity index (χ2v) is 5.68. The van der Waals surface area contributed by atoms with Gasteiger partial charge in [0.2, 0.25) is 0 Å². The van der Waals surface area contributed by atoms with Crippen LogP contribution in [0.25, 0.3) is 0 Å². The molecule has 2 aromatic rings. The molecule has 90 valence electrons. The molecule has 0 aliphatic carbocycles. The first-order chi connectivity index (χ1) is 8.14. The molecule has 3 heteroatoms. The highest BCUT2D eigenvalue weighted by Crippen LogP contribution is 2.29. The van der Waals surface area contributed by atoms with E-state index < -0.39 is 0 Å². The van der Waals surface area contributed by atoms with Gasteiger partial charge < -0.3 is 11.5 Å². The van der Waals surface area contributed by atoms with Crippen LogP contribution in [0.5, 0.6) is 0 Å². The largest absolute Gasteiger partial charge is 0.399 e. The van der Waals surface area contributed by atoms with Crippen LogP contribution >= 0.6 is 11.3 Å². The summed E-state index contributed by atoms with van der Waals surface area (Å²) in [7, 11) is 0. The van der Waals surface area contributed by atoms with Gasteiger partial charge in [-0.1, -0.05) is 25.1 Å². The molecule has 0 saturated carbocycles. The Morgan fingerprint density at radius 3 is 2.41 bits per heavy atom. The Hall–Kier alpha value is -1.32. The van der Waals surface area contributed by atoms with Crippen LogP contribution in [0, 0.1) is 0 Å². The summed E-state index contributed by atoms with van der Waals surface area (Å²) in [5.74, 6) is 0. The lowest BCUT2D eigenvalue weighted by molar-refractivity contribution is 0.485. The number of thiophene rings is 1. The number of nitrogen functional groups attached to an aromatic ring is 1. The Bertz CT molecular complexity index is 461. The fourth-order valence-corrected chi connectivity index (χ4v) is 2.87. The number of hydrogen-bond donors (Lipinski definition) is 2. The predicted octanol–water partition coefficient (Wildman–Crippen LogP) is 2.79. The third-order valence-electron chi connectivity index (χ3n) is 3.20. The van der Waals surface area contributed by atoms with Gasteiger partial charge in [-0.3, -0.25) is 0 Å². The van der Waals surface area contributed by atoms with Gasteiger partial charge in [-0.25, -0.2) is 0 Å². The molecule has 0 aliphatic rings. The van der Waals surface area contributed by atoms with E-state index in [1.807, 2.05) is 12.1 Å². The minimum atomic E-state index is -0.0153. The van der Waals surface area contributed by atoms with Crippen LogP contribution in [-0.4, -0.2) is 6.54 Å². The first-order valence-electron chi connectivity index (χ1n) is 5.72. The van der Waals surface area contributed by atoms with Crippen molar-refractivity contribution in [1.29, 1.82) is 0 Å². The van der Waals surface area contributed by atoms with E-state index in [4.69, 9.17) is 11.5 Å². The fourth-order valence-electron chi connectivity index (χ4n) is 1.98. The van der Waals surface area contributed by atoms with Crippen molar-refractivity contribution in [3.8, 4) is 0 Å². The van der Waals surface area contributed by atoms with Gasteiger partial charge in [-0.15, -0.1) is 11.3 Å². The van der Waals surface area contributed by atoms with Crippen LogP contribution in [0.3, 0.4) is 0 Å². The summed E-state index contributed by atoms with van der Waals surface area (Å²) < 4.78 is 0. The third-order valence-corrected chi connectivity index (χ3v) is 4.08. The lowest BCUT2D eigenvalue weighted by Gasteiger charge is -2.28. The minimum absolute atomic E-state index is 0.0153. The van der Waals surface area contributed by atoms with Crippen LogP contribution in [0.1, 0.15) is 17.4 Å². The molecule has 0 radical (unpaired) electrons. The highest BCUT2D eigenvalue weighted by atomic mass is 32.1. The SMILES string of the molecule is CC(CN)(Cc1cccs1)c1ccc(N)cc1. The minimum Gasteiger partial charge on any atom is -0.399 e. The molecule has 0 aliphatic heterocycles. The van der Waals surface area contributed by atoms with Gasteiger partial charge >= 0.3 is 0 Å². The lowest BCUT2D eigenvalue weighted by Crippen LogP contribution is -2.33. The fraction of sp³-hybridized carbons (Fsp3) is 0.286. The standard InChI is InChI=1S/C14H18N2S/c1-14(10-15,9-13-3-2-8-17-13)11-4-6-12(16)7-5-11/h2-8H,9-10,15-16H2,1H3. The molecule has 2 nitrogen and oxygen atoms in total. The number of nitrogens with two attached hydrogens (primary N) is 2. The average molecular weight is 246 g/mol. The normalized spacial score (nSPS) is 14.5. The molecule has 0 fully saturated rings. The van der Waals surface area contributed by atoms with Gasteiger partial charge in [0, 0.05) is 22.5 Å². The second-order valence-electron chi connectivity index (χ2n) is 4.64. The molecule has 17 heavy (non-hydrogen) atoms. The van der Waals surface area contributed by atoms with Crippen LogP contribution in [0.15, 0.2) is 41.8 Å². The van der Waals surface area contributed by atoms with Crippen molar-refractivity contribution in [1.82, 2.24) is 0 Å². The van der Waals surface area contributed by atoms with E-state index >= 15 is 0 Å². The second kappa shape index (κ2) is 4.90. The maximum atomic E-state index is 5.97. The van der Waals surface area contributed by atoms with Crippen molar-refractivity contribution in [3.05, 3.63) is 52.2 Å². The topological polar surface area (TPSA) is 52.0 Å². The van der Waals surface area contributed by atoms with E-state index in [9.17, 15) is 0 Å². The maximum absolute atomic E-state index is 5.97. The molecule has 4 N–H and O–H groups in total. The Morgan fingerprint density at radius 2 is 1.88 bits per heavy atom. The first-order valence-corrected chi connectivity index (χ1v) is 6.60. The van der Waals surface area contributed by atoms with Gasteiger partial charge in [-0.2, -0.15) is 0 Å². The molecule has 1 unspecified atom stereocenters. The van der Waals surface area contributed by atoms with E-state index in [0.717, 1.165) is 12.1 Å². The number of hydrogen-bond acceptors (Lipinski definition) is 3. The summed E-state index contributed by atoms with van der Waals surface area (Å²) in [6.07, 6.45) is 0.977. The van der Waals surface area contributed by atoms with Crippen molar-refractivity contribution in [3.63, 3.8) is 0 Å². The van der Waals surface area contributed by atoms with Gasteiger partial charge in [0.05, 0.1) is 0 Å². The molecule has 0 bridgehead atoms. The zero-order chi connectivity index (χ0) is 12.3. The van der Waals surface area contributed by atoms with Crippen LogP contribution in [0.4, 0.5) is 5.69 Å². The zero-order valence-electron chi connectivity index (χ0n) is 10.0. The highest BCUT2D eigenvalue weighted by Gasteiger charge is 2.25. The zero-order valence-corrected chi connectivity index (χ0v) is 10.8. The summed E-state index contributed by atoms with van der Waals surface area (Å²) in [5, 5.41) is 2.11. The lowest BCUT2D eigenvalue weighted by atomic mass is 9.79. The number of anilines is 1. The molecular weight excluding hydrogens is 228 g/mol. The molecule has 1 aromatic heterocycles. The Kier molecular flexibility index (Phi) is 3.50. The predicted molar refractivity (Wildman–Crippen MR) is 75.3 cm³/mol. The molecule has 0 spiro atoms. The van der Waals surface area contributed by atoms with Crippen LogP contribution in [0.2, 0.25) is 0 Å². The Morgan fingerprint density at radius 1 is 1.18 bits per heavy atom. The first kappa shape index (κ1) is 12.1. The van der Waals surface area contributed by atoms with E-state index in [0.29, 0.717) is 6.54 Å². The van der Waals surface area contributed by atoms with E-state index in [-0.39, 0.29) is 5.41 Å². The Balaban J connectivity index is 2.27. The molecule has 0 saturated heterocycles. The number of benzene rings is 1. The third kappa shape index (κ3) is 2.68. The molecule has 1 heterocycles. The summed E-state index contributed by atoms with van der Waals surface area (Å²) in [6, 6.07) is 12.3. The van der Waals surface area contributed by atoms with Crippen molar-refractivity contribution in [2.45, 2.75) is 18.8 Å². The van der Waals surface area contributed by atoms with E-state index in [2.05, 4.69) is 36.6 Å².